The van der Waals surface area contributed by atoms with E-state index < -0.39 is 0 Å². The summed E-state index contributed by atoms with van der Waals surface area (Å²) >= 11 is 0. The first kappa shape index (κ1) is 20.7. The van der Waals surface area contributed by atoms with E-state index in [0.29, 0.717) is 0 Å². The molecule has 1 heteroatoms. The van der Waals surface area contributed by atoms with E-state index in [1.807, 2.05) is 12.1 Å². The molecule has 4 rings (SSSR count). The molecule has 3 fully saturated rings. The fourth-order valence-corrected chi connectivity index (χ4v) is 6.97. The third-order valence-electron chi connectivity index (χ3n) is 8.82. The van der Waals surface area contributed by atoms with Crippen molar-refractivity contribution >= 4 is 0 Å². The van der Waals surface area contributed by atoms with E-state index >= 15 is 0 Å². The summed E-state index contributed by atoms with van der Waals surface area (Å²) in [5.41, 5.74) is 2.24. The van der Waals surface area contributed by atoms with Crippen molar-refractivity contribution in [3.8, 4) is 6.07 Å². The van der Waals surface area contributed by atoms with Gasteiger partial charge in [0.25, 0.3) is 0 Å². The van der Waals surface area contributed by atoms with Crippen molar-refractivity contribution in [3.63, 3.8) is 0 Å². The molecule has 1 aromatic rings. The molecule has 3 aliphatic rings. The number of rotatable bonds is 5. The zero-order valence-corrected chi connectivity index (χ0v) is 18.2. The largest absolute Gasteiger partial charge is 0.192 e. The van der Waals surface area contributed by atoms with Crippen molar-refractivity contribution in [2.45, 2.75) is 89.4 Å². The van der Waals surface area contributed by atoms with E-state index in [9.17, 15) is 0 Å². The summed E-state index contributed by atoms with van der Waals surface area (Å²) < 4.78 is 0. The van der Waals surface area contributed by atoms with Crippen LogP contribution in [0.25, 0.3) is 0 Å². The topological polar surface area (TPSA) is 23.8 Å². The summed E-state index contributed by atoms with van der Waals surface area (Å²) in [6, 6.07) is 10.6. The standard InChI is InChI=1S/C28H39N/c1-2-3-21-4-8-23(9-5-21)25-12-16-27(17-13-25)28-18-14-26(15-19-28)24-10-6-22(20-29)7-11-24/h2,6-7,10-11,21,23,25-28H,1,3-5,8-9,12-19H2/t21-,23-,25-,26-,27-,28-. The maximum atomic E-state index is 9.00. The average molecular weight is 390 g/mol. The second-order valence-corrected chi connectivity index (χ2v) is 10.3. The van der Waals surface area contributed by atoms with Crippen LogP contribution in [0.15, 0.2) is 36.9 Å². The smallest absolute Gasteiger partial charge is 0.0991 e. The summed E-state index contributed by atoms with van der Waals surface area (Å²) in [7, 11) is 0. The minimum Gasteiger partial charge on any atom is -0.192 e. The van der Waals surface area contributed by atoms with Crippen LogP contribution in [-0.2, 0) is 0 Å². The van der Waals surface area contributed by atoms with Gasteiger partial charge in [-0.1, -0.05) is 18.2 Å². The van der Waals surface area contributed by atoms with Gasteiger partial charge in [-0.2, -0.15) is 5.26 Å². The van der Waals surface area contributed by atoms with E-state index in [1.54, 1.807) is 0 Å². The normalized spacial score (nSPS) is 35.6. The molecule has 0 bridgehead atoms. The van der Waals surface area contributed by atoms with Gasteiger partial charge in [-0.25, -0.2) is 0 Å². The van der Waals surface area contributed by atoms with Crippen LogP contribution in [0.3, 0.4) is 0 Å². The molecule has 156 valence electrons. The van der Waals surface area contributed by atoms with Crippen molar-refractivity contribution in [2.24, 2.45) is 29.6 Å². The first-order valence-corrected chi connectivity index (χ1v) is 12.4. The van der Waals surface area contributed by atoms with Gasteiger partial charge in [0.05, 0.1) is 11.6 Å². The molecule has 1 aromatic carbocycles. The van der Waals surface area contributed by atoms with Crippen LogP contribution in [-0.4, -0.2) is 0 Å². The van der Waals surface area contributed by atoms with Crippen molar-refractivity contribution < 1.29 is 0 Å². The van der Waals surface area contributed by atoms with Gasteiger partial charge < -0.3 is 0 Å². The lowest BCUT2D eigenvalue weighted by Crippen LogP contribution is -2.29. The molecule has 0 N–H and O–H groups in total. The van der Waals surface area contributed by atoms with E-state index in [4.69, 9.17) is 5.26 Å². The van der Waals surface area contributed by atoms with Crippen LogP contribution in [0.2, 0.25) is 0 Å². The van der Waals surface area contributed by atoms with Crippen LogP contribution in [0.4, 0.5) is 0 Å². The molecule has 0 aliphatic heterocycles. The third kappa shape index (κ3) is 5.14. The Morgan fingerprint density at radius 1 is 0.724 bits per heavy atom. The Balaban J connectivity index is 1.20. The monoisotopic (exact) mass is 389 g/mol. The lowest BCUT2D eigenvalue weighted by atomic mass is 9.64. The highest BCUT2D eigenvalue weighted by atomic mass is 14.4. The Morgan fingerprint density at radius 2 is 1.17 bits per heavy atom. The predicted octanol–water partition coefficient (Wildman–Crippen LogP) is 8.02. The highest BCUT2D eigenvalue weighted by Gasteiger charge is 2.34. The van der Waals surface area contributed by atoms with E-state index in [-0.39, 0.29) is 0 Å². The molecule has 0 radical (unpaired) electrons. The summed E-state index contributed by atoms with van der Waals surface area (Å²) in [5, 5.41) is 9.00. The van der Waals surface area contributed by atoms with Gasteiger partial charge in [0.15, 0.2) is 0 Å². The first-order chi connectivity index (χ1) is 14.3. The maximum absolute atomic E-state index is 9.00. The molecule has 1 nitrogen and oxygen atoms in total. The Morgan fingerprint density at radius 3 is 1.62 bits per heavy atom. The van der Waals surface area contributed by atoms with E-state index in [2.05, 4.69) is 30.9 Å². The highest BCUT2D eigenvalue weighted by Crippen LogP contribution is 2.47. The van der Waals surface area contributed by atoms with Gasteiger partial charge >= 0.3 is 0 Å². The summed E-state index contributed by atoms with van der Waals surface area (Å²) in [6.07, 6.45) is 20.8. The first-order valence-electron chi connectivity index (χ1n) is 12.4. The number of benzene rings is 1. The highest BCUT2D eigenvalue weighted by molar-refractivity contribution is 5.33. The summed E-state index contributed by atoms with van der Waals surface area (Å²) in [6.45, 7) is 3.93. The fraction of sp³-hybridized carbons (Fsp3) is 0.679. The third-order valence-corrected chi connectivity index (χ3v) is 8.82. The minimum absolute atomic E-state index is 0.723. The van der Waals surface area contributed by atoms with Gasteiger partial charge in [0, 0.05) is 0 Å². The molecule has 0 amide bonds. The Kier molecular flexibility index (Phi) is 7.12. The lowest BCUT2D eigenvalue weighted by molar-refractivity contribution is 0.110. The van der Waals surface area contributed by atoms with Crippen molar-refractivity contribution in [3.05, 3.63) is 48.0 Å². The number of nitriles is 1. The van der Waals surface area contributed by atoms with Crippen molar-refractivity contribution in [2.75, 3.05) is 0 Å². The molecule has 0 unspecified atom stereocenters. The molecule has 0 atom stereocenters. The van der Waals surface area contributed by atoms with Gasteiger partial charge in [-0.05, 0) is 137 Å². The Hall–Kier alpha value is -1.55. The second kappa shape index (κ2) is 9.97. The quantitative estimate of drug-likeness (QED) is 0.468. The molecule has 0 spiro atoms. The van der Waals surface area contributed by atoms with Crippen LogP contribution in [0.1, 0.15) is 101 Å². The van der Waals surface area contributed by atoms with Crippen LogP contribution in [0.5, 0.6) is 0 Å². The average Bonchev–Trinajstić information content (AvgIpc) is 2.80. The molecule has 3 aliphatic carbocycles. The number of allylic oxidation sites excluding steroid dienone is 1. The van der Waals surface area contributed by atoms with Crippen LogP contribution < -0.4 is 0 Å². The van der Waals surface area contributed by atoms with Crippen molar-refractivity contribution in [1.29, 1.82) is 5.26 Å². The van der Waals surface area contributed by atoms with Crippen molar-refractivity contribution in [1.82, 2.24) is 0 Å². The molecule has 29 heavy (non-hydrogen) atoms. The molecule has 3 saturated carbocycles. The summed E-state index contributed by atoms with van der Waals surface area (Å²) in [4.78, 5) is 0. The zero-order valence-electron chi connectivity index (χ0n) is 18.2. The molecular weight excluding hydrogens is 350 g/mol. The fourth-order valence-electron chi connectivity index (χ4n) is 6.97. The van der Waals surface area contributed by atoms with Crippen LogP contribution in [0, 0.1) is 40.9 Å². The van der Waals surface area contributed by atoms with Gasteiger partial charge in [-0.3, -0.25) is 0 Å². The molecule has 0 aromatic heterocycles. The van der Waals surface area contributed by atoms with E-state index in [0.717, 1.165) is 41.1 Å². The predicted molar refractivity (Wildman–Crippen MR) is 122 cm³/mol. The molecule has 0 saturated heterocycles. The Bertz CT molecular complexity index is 672. The lowest BCUT2D eigenvalue weighted by Gasteiger charge is -2.41. The zero-order chi connectivity index (χ0) is 20.1. The Labute approximate surface area is 178 Å². The van der Waals surface area contributed by atoms with E-state index in [1.165, 1.54) is 89.0 Å². The number of nitrogens with zero attached hydrogens (tertiary/aromatic N) is 1. The van der Waals surface area contributed by atoms with Crippen LogP contribution >= 0.6 is 0 Å². The molecule has 0 heterocycles. The minimum atomic E-state index is 0.723. The number of hydrogen-bond donors (Lipinski definition) is 0. The number of hydrogen-bond acceptors (Lipinski definition) is 1. The maximum Gasteiger partial charge on any atom is 0.0991 e. The van der Waals surface area contributed by atoms with Gasteiger partial charge in [0.1, 0.15) is 0 Å². The molecular formula is C28H39N. The second-order valence-electron chi connectivity index (χ2n) is 10.3. The SMILES string of the molecule is C=CC[C@H]1CC[C@H]([C@H]2CC[C@H]([C@H]3CC[C@H](c4ccc(C#N)cc4)CC3)CC2)CC1. The van der Waals surface area contributed by atoms with Gasteiger partial charge in [0.2, 0.25) is 0 Å². The summed E-state index contributed by atoms with van der Waals surface area (Å²) in [5.74, 6) is 5.71. The van der Waals surface area contributed by atoms with Gasteiger partial charge in [-0.15, -0.1) is 6.58 Å².